The van der Waals surface area contributed by atoms with Crippen molar-refractivity contribution in [2.45, 2.75) is 6.18 Å². The molecule has 0 radical (unpaired) electrons. The highest BCUT2D eigenvalue weighted by Gasteiger charge is 2.38. The van der Waals surface area contributed by atoms with Crippen molar-refractivity contribution in [1.82, 2.24) is 15.2 Å². The second kappa shape index (κ2) is 7.94. The zero-order valence-corrected chi connectivity index (χ0v) is 13.3. The first kappa shape index (κ1) is 18.7. The van der Waals surface area contributed by atoms with Crippen LogP contribution in [0.3, 0.4) is 0 Å². The van der Waals surface area contributed by atoms with Gasteiger partial charge in [-0.25, -0.2) is 9.86 Å². The Labute approximate surface area is 140 Å². The summed E-state index contributed by atoms with van der Waals surface area (Å²) in [5.74, 6) is -1.63. The minimum absolute atomic E-state index is 0.205. The summed E-state index contributed by atoms with van der Waals surface area (Å²) in [5.41, 5.74) is 0.716. The minimum atomic E-state index is -4.70. The van der Waals surface area contributed by atoms with Crippen LogP contribution < -0.4 is 5.32 Å². The van der Waals surface area contributed by atoms with E-state index in [1.165, 1.54) is 38.5 Å². The molecule has 1 aromatic carbocycles. The number of nitrogens with zero attached hydrogens (tertiary/aromatic N) is 3. The second-order valence-corrected chi connectivity index (χ2v) is 4.71. The van der Waals surface area contributed by atoms with Crippen LogP contribution in [0.15, 0.2) is 28.8 Å². The molecule has 2 amide bonds. The number of hydrogen-bond acceptors (Lipinski definition) is 6. The largest absolute Gasteiger partial charge is 0.471 e. The highest BCUT2D eigenvalue weighted by molar-refractivity contribution is 5.88. The van der Waals surface area contributed by atoms with Crippen molar-refractivity contribution in [2.75, 3.05) is 32.7 Å². The van der Waals surface area contributed by atoms with Crippen LogP contribution in [0.5, 0.6) is 0 Å². The number of urea groups is 1. The Morgan fingerprint density at radius 1 is 1.28 bits per heavy atom. The molecule has 1 aromatic heterocycles. The minimum Gasteiger partial charge on any atom is -0.383 e. The van der Waals surface area contributed by atoms with Crippen LogP contribution in [0.4, 0.5) is 23.7 Å². The van der Waals surface area contributed by atoms with Crippen molar-refractivity contribution < 1.29 is 32.1 Å². The SMILES string of the molecule is COCCN(OC)C(=O)Nc1ccc(-c2noc(C(F)(F)F)n2)cc1. The fraction of sp³-hybridized carbons (Fsp3) is 0.357. The molecule has 1 heterocycles. The molecule has 0 saturated heterocycles. The van der Waals surface area contributed by atoms with Gasteiger partial charge >= 0.3 is 18.1 Å². The first-order valence-electron chi connectivity index (χ1n) is 6.98. The summed E-state index contributed by atoms with van der Waals surface area (Å²) in [5, 5.41) is 6.92. The monoisotopic (exact) mass is 360 g/mol. The summed E-state index contributed by atoms with van der Waals surface area (Å²) < 4.78 is 46.4. The van der Waals surface area contributed by atoms with E-state index in [1.807, 2.05) is 0 Å². The van der Waals surface area contributed by atoms with E-state index in [0.29, 0.717) is 17.9 Å². The first-order valence-corrected chi connectivity index (χ1v) is 6.98. The van der Waals surface area contributed by atoms with Crippen LogP contribution in [-0.4, -0.2) is 48.6 Å². The number of ether oxygens (including phenoxy) is 1. The molecule has 0 atom stereocenters. The zero-order chi connectivity index (χ0) is 18.4. The number of carbonyl (C=O) groups excluding carboxylic acids is 1. The maximum Gasteiger partial charge on any atom is 0.471 e. The van der Waals surface area contributed by atoms with Crippen LogP contribution in [-0.2, 0) is 15.8 Å². The average molecular weight is 360 g/mol. The maximum atomic E-state index is 12.5. The van der Waals surface area contributed by atoms with E-state index in [0.717, 1.165) is 5.06 Å². The Kier molecular flexibility index (Phi) is 5.93. The van der Waals surface area contributed by atoms with Crippen molar-refractivity contribution in [3.8, 4) is 11.4 Å². The molecule has 2 aromatic rings. The topological polar surface area (TPSA) is 89.7 Å². The number of alkyl halides is 3. The van der Waals surface area contributed by atoms with Gasteiger partial charge < -0.3 is 14.6 Å². The van der Waals surface area contributed by atoms with E-state index in [1.54, 1.807) is 0 Å². The molecule has 0 spiro atoms. The number of amides is 2. The molecule has 2 rings (SSSR count). The van der Waals surface area contributed by atoms with Crippen molar-refractivity contribution in [3.63, 3.8) is 0 Å². The molecule has 8 nitrogen and oxygen atoms in total. The average Bonchev–Trinajstić information content (AvgIpc) is 3.06. The van der Waals surface area contributed by atoms with Gasteiger partial charge in [0.1, 0.15) is 0 Å². The highest BCUT2D eigenvalue weighted by Crippen LogP contribution is 2.29. The normalized spacial score (nSPS) is 11.4. The molecule has 11 heteroatoms. The van der Waals surface area contributed by atoms with Gasteiger partial charge in [-0.2, -0.15) is 18.2 Å². The summed E-state index contributed by atoms with van der Waals surface area (Å²) in [6.45, 7) is 0.513. The maximum absolute atomic E-state index is 12.5. The van der Waals surface area contributed by atoms with Gasteiger partial charge in [0.2, 0.25) is 5.82 Å². The van der Waals surface area contributed by atoms with Gasteiger partial charge in [0.15, 0.2) is 0 Å². The lowest BCUT2D eigenvalue weighted by atomic mass is 10.2. The molecule has 0 bridgehead atoms. The standard InChI is InChI=1S/C14H15F3N4O4/c1-23-8-7-21(24-2)13(22)18-10-5-3-9(4-6-10)11-19-12(25-20-11)14(15,16)17/h3-6H,7-8H2,1-2H3,(H,18,22). The molecule has 0 unspecified atom stereocenters. The first-order chi connectivity index (χ1) is 11.8. The number of rotatable bonds is 6. The molecule has 0 aliphatic heterocycles. The zero-order valence-electron chi connectivity index (χ0n) is 13.3. The number of aromatic nitrogens is 2. The van der Waals surface area contributed by atoms with Gasteiger partial charge in [-0.05, 0) is 24.3 Å². The lowest BCUT2D eigenvalue weighted by molar-refractivity contribution is -0.159. The van der Waals surface area contributed by atoms with Crippen LogP contribution in [0, 0.1) is 0 Å². The van der Waals surface area contributed by atoms with E-state index in [-0.39, 0.29) is 12.4 Å². The lowest BCUT2D eigenvalue weighted by Crippen LogP contribution is -2.36. The Balaban J connectivity index is 2.04. The lowest BCUT2D eigenvalue weighted by Gasteiger charge is -2.19. The van der Waals surface area contributed by atoms with Crippen molar-refractivity contribution in [1.29, 1.82) is 0 Å². The molecule has 0 aliphatic rings. The van der Waals surface area contributed by atoms with E-state index in [4.69, 9.17) is 9.57 Å². The number of halogens is 3. The summed E-state index contributed by atoms with van der Waals surface area (Å²) in [6, 6.07) is 5.35. The van der Waals surface area contributed by atoms with Gasteiger partial charge in [0.25, 0.3) is 0 Å². The number of benzene rings is 1. The third-order valence-corrected chi connectivity index (χ3v) is 3.01. The summed E-state index contributed by atoms with van der Waals surface area (Å²) in [7, 11) is 2.83. The Hall–Kier alpha value is -2.66. The summed E-state index contributed by atoms with van der Waals surface area (Å²) in [6.07, 6.45) is -4.70. The van der Waals surface area contributed by atoms with Gasteiger partial charge in [-0.15, -0.1) is 0 Å². The van der Waals surface area contributed by atoms with Crippen molar-refractivity contribution in [2.24, 2.45) is 0 Å². The summed E-state index contributed by atoms with van der Waals surface area (Å²) in [4.78, 5) is 20.2. The number of hydroxylamine groups is 2. The van der Waals surface area contributed by atoms with Gasteiger partial charge in [0, 0.05) is 18.4 Å². The molecule has 136 valence electrons. The molecule has 0 saturated carbocycles. The Morgan fingerprint density at radius 3 is 2.48 bits per heavy atom. The number of carbonyl (C=O) groups is 1. The number of anilines is 1. The smallest absolute Gasteiger partial charge is 0.383 e. The van der Waals surface area contributed by atoms with Gasteiger partial charge in [-0.1, -0.05) is 5.16 Å². The number of hydrogen-bond donors (Lipinski definition) is 1. The molecule has 1 N–H and O–H groups in total. The van der Waals surface area contributed by atoms with Gasteiger partial charge in [-0.3, -0.25) is 4.84 Å². The third-order valence-electron chi connectivity index (χ3n) is 3.01. The van der Waals surface area contributed by atoms with Crippen molar-refractivity contribution in [3.05, 3.63) is 30.2 Å². The van der Waals surface area contributed by atoms with Crippen LogP contribution in [0.25, 0.3) is 11.4 Å². The third kappa shape index (κ3) is 4.90. The van der Waals surface area contributed by atoms with E-state index in [2.05, 4.69) is 20.0 Å². The van der Waals surface area contributed by atoms with E-state index < -0.39 is 18.1 Å². The van der Waals surface area contributed by atoms with E-state index in [9.17, 15) is 18.0 Å². The molecular formula is C14H15F3N4O4. The molecule has 0 aliphatic carbocycles. The van der Waals surface area contributed by atoms with Crippen LogP contribution in [0.2, 0.25) is 0 Å². The van der Waals surface area contributed by atoms with E-state index >= 15 is 0 Å². The van der Waals surface area contributed by atoms with Crippen molar-refractivity contribution >= 4 is 11.7 Å². The number of nitrogens with one attached hydrogen (secondary N) is 1. The molecule has 25 heavy (non-hydrogen) atoms. The Bertz CT molecular complexity index is 703. The number of methoxy groups -OCH3 is 1. The second-order valence-electron chi connectivity index (χ2n) is 4.71. The van der Waals surface area contributed by atoms with Crippen LogP contribution in [0.1, 0.15) is 5.89 Å². The fourth-order valence-corrected chi connectivity index (χ4v) is 1.79. The quantitative estimate of drug-likeness (QED) is 0.797. The predicted octanol–water partition coefficient (Wildman–Crippen LogP) is 2.80. The highest BCUT2D eigenvalue weighted by atomic mass is 19.4. The Morgan fingerprint density at radius 2 is 1.96 bits per heavy atom. The fourth-order valence-electron chi connectivity index (χ4n) is 1.79. The molecular weight excluding hydrogens is 345 g/mol. The summed E-state index contributed by atoms with van der Waals surface area (Å²) >= 11 is 0. The molecule has 0 fully saturated rings. The predicted molar refractivity (Wildman–Crippen MR) is 79.3 cm³/mol. The van der Waals surface area contributed by atoms with Gasteiger partial charge in [0.05, 0.1) is 20.3 Å². The van der Waals surface area contributed by atoms with Crippen LogP contribution >= 0.6 is 0 Å².